The van der Waals surface area contributed by atoms with Crippen LogP contribution in [0.3, 0.4) is 0 Å². The van der Waals surface area contributed by atoms with Crippen LogP contribution in [0, 0.1) is 0 Å². The molecule has 4 aromatic rings. The van der Waals surface area contributed by atoms with Gasteiger partial charge in [0.05, 0.1) is 24.2 Å². The molecule has 1 saturated heterocycles. The molecule has 3 aromatic carbocycles. The van der Waals surface area contributed by atoms with Crippen molar-refractivity contribution in [3.8, 4) is 5.75 Å². The Hall–Kier alpha value is -3.84. The molecule has 0 saturated carbocycles. The molecule has 0 bridgehead atoms. The van der Waals surface area contributed by atoms with E-state index in [1.165, 1.54) is 5.56 Å². The number of aromatic amines is 1. The van der Waals surface area contributed by atoms with Gasteiger partial charge in [-0.05, 0) is 54.7 Å². The number of methoxy groups -OCH3 is 1. The minimum atomic E-state index is -0.288. The molecule has 1 aliphatic heterocycles. The van der Waals surface area contributed by atoms with E-state index in [4.69, 9.17) is 9.72 Å². The summed E-state index contributed by atoms with van der Waals surface area (Å²) in [5.74, 6) is 1.56. The number of urea groups is 1. The number of rotatable bonds is 8. The predicted octanol–water partition coefficient (Wildman–Crippen LogP) is 4.82. The molecule has 7 heteroatoms. The first-order valence-electron chi connectivity index (χ1n) is 12.6. The van der Waals surface area contributed by atoms with Crippen molar-refractivity contribution >= 4 is 17.1 Å². The molecular weight excluding hydrogens is 450 g/mol. The molecular formula is C29H33N5O2. The SMILES string of the molecule is COc1ccc(C[C@@H](NC(=O)NC2CCN(Cc3ccccc3)CC2)c2nc3ccccc3[nH]2)cc1. The summed E-state index contributed by atoms with van der Waals surface area (Å²) in [7, 11) is 1.66. The predicted molar refractivity (Wildman–Crippen MR) is 142 cm³/mol. The van der Waals surface area contributed by atoms with Gasteiger partial charge in [-0.25, -0.2) is 9.78 Å². The van der Waals surface area contributed by atoms with E-state index in [1.807, 2.05) is 54.6 Å². The van der Waals surface area contributed by atoms with Crippen molar-refractivity contribution in [3.63, 3.8) is 0 Å². The van der Waals surface area contributed by atoms with Gasteiger partial charge in [0.25, 0.3) is 0 Å². The number of hydrogen-bond donors (Lipinski definition) is 3. The number of hydrogen-bond acceptors (Lipinski definition) is 4. The molecule has 1 fully saturated rings. The number of nitrogens with one attached hydrogen (secondary N) is 3. The van der Waals surface area contributed by atoms with Crippen LogP contribution in [0.4, 0.5) is 4.79 Å². The number of benzene rings is 3. The molecule has 0 unspecified atom stereocenters. The highest BCUT2D eigenvalue weighted by molar-refractivity contribution is 5.76. The van der Waals surface area contributed by atoms with Gasteiger partial charge in [0.15, 0.2) is 0 Å². The number of amides is 2. The van der Waals surface area contributed by atoms with Gasteiger partial charge < -0.3 is 20.4 Å². The zero-order valence-electron chi connectivity index (χ0n) is 20.6. The second-order valence-electron chi connectivity index (χ2n) is 9.40. The van der Waals surface area contributed by atoms with Crippen LogP contribution in [0.1, 0.15) is 35.8 Å². The Morgan fingerprint density at radius 3 is 2.44 bits per heavy atom. The maximum atomic E-state index is 13.1. The maximum Gasteiger partial charge on any atom is 0.315 e. The Morgan fingerprint density at radius 2 is 1.72 bits per heavy atom. The number of aromatic nitrogens is 2. The third-order valence-electron chi connectivity index (χ3n) is 6.81. The standard InChI is InChI=1S/C29H33N5O2/c1-36-24-13-11-21(12-14-24)19-27(28-31-25-9-5-6-10-26(25)32-28)33-29(35)30-23-15-17-34(18-16-23)20-22-7-3-2-4-8-22/h2-14,23,27H,15-20H2,1H3,(H,31,32)(H2,30,33,35)/t27-/m1/s1. The van der Waals surface area contributed by atoms with Gasteiger partial charge in [-0.2, -0.15) is 0 Å². The summed E-state index contributed by atoms with van der Waals surface area (Å²) in [4.78, 5) is 23.7. The Balaban J connectivity index is 1.22. The molecule has 0 radical (unpaired) electrons. The molecule has 36 heavy (non-hydrogen) atoms. The number of piperidine rings is 1. The van der Waals surface area contributed by atoms with Crippen molar-refractivity contribution in [2.75, 3.05) is 20.2 Å². The topological polar surface area (TPSA) is 82.3 Å². The fraction of sp³-hybridized carbons (Fsp3) is 0.310. The lowest BCUT2D eigenvalue weighted by molar-refractivity contribution is 0.185. The Labute approximate surface area is 211 Å². The first kappa shape index (κ1) is 23.9. The fourth-order valence-electron chi connectivity index (χ4n) is 4.81. The lowest BCUT2D eigenvalue weighted by Gasteiger charge is -2.32. The van der Waals surface area contributed by atoms with Gasteiger partial charge in [0, 0.05) is 25.7 Å². The van der Waals surface area contributed by atoms with Crippen LogP contribution in [0.25, 0.3) is 11.0 Å². The van der Waals surface area contributed by atoms with Crippen molar-refractivity contribution in [2.24, 2.45) is 0 Å². The summed E-state index contributed by atoms with van der Waals surface area (Å²) in [6.07, 6.45) is 2.49. The van der Waals surface area contributed by atoms with E-state index in [0.717, 1.165) is 60.6 Å². The quantitative estimate of drug-likeness (QED) is 0.336. The average molecular weight is 484 g/mol. The molecule has 1 atom stereocenters. The second-order valence-corrected chi connectivity index (χ2v) is 9.40. The number of likely N-dealkylation sites (tertiary alicyclic amines) is 1. The van der Waals surface area contributed by atoms with Crippen molar-refractivity contribution < 1.29 is 9.53 Å². The van der Waals surface area contributed by atoms with Gasteiger partial charge in [-0.3, -0.25) is 4.90 Å². The molecule has 7 nitrogen and oxygen atoms in total. The Bertz CT molecular complexity index is 1230. The summed E-state index contributed by atoms with van der Waals surface area (Å²) in [5.41, 5.74) is 4.27. The van der Waals surface area contributed by atoms with E-state index in [0.29, 0.717) is 6.42 Å². The molecule has 0 spiro atoms. The highest BCUT2D eigenvalue weighted by Crippen LogP contribution is 2.22. The number of carbonyl (C=O) groups excluding carboxylic acids is 1. The highest BCUT2D eigenvalue weighted by atomic mass is 16.5. The fourth-order valence-corrected chi connectivity index (χ4v) is 4.81. The molecule has 2 heterocycles. The van der Waals surface area contributed by atoms with Crippen LogP contribution in [-0.2, 0) is 13.0 Å². The largest absolute Gasteiger partial charge is 0.497 e. The van der Waals surface area contributed by atoms with E-state index in [2.05, 4.69) is 44.8 Å². The molecule has 5 rings (SSSR count). The van der Waals surface area contributed by atoms with Gasteiger partial charge in [0.1, 0.15) is 11.6 Å². The first-order chi connectivity index (χ1) is 17.7. The zero-order chi connectivity index (χ0) is 24.7. The number of fused-ring (bicyclic) bond motifs is 1. The highest BCUT2D eigenvalue weighted by Gasteiger charge is 2.24. The lowest BCUT2D eigenvalue weighted by Crippen LogP contribution is -2.48. The maximum absolute atomic E-state index is 13.1. The van der Waals surface area contributed by atoms with Crippen LogP contribution in [-0.4, -0.2) is 47.1 Å². The number of carbonyl (C=O) groups is 1. The molecule has 1 aromatic heterocycles. The van der Waals surface area contributed by atoms with Gasteiger partial charge >= 0.3 is 6.03 Å². The zero-order valence-corrected chi connectivity index (χ0v) is 20.6. The van der Waals surface area contributed by atoms with E-state index in [-0.39, 0.29) is 18.1 Å². The van der Waals surface area contributed by atoms with E-state index >= 15 is 0 Å². The molecule has 186 valence electrons. The smallest absolute Gasteiger partial charge is 0.315 e. The van der Waals surface area contributed by atoms with E-state index < -0.39 is 0 Å². The third-order valence-corrected chi connectivity index (χ3v) is 6.81. The second kappa shape index (κ2) is 11.3. The van der Waals surface area contributed by atoms with Crippen molar-refractivity contribution in [1.82, 2.24) is 25.5 Å². The first-order valence-corrected chi connectivity index (χ1v) is 12.6. The summed E-state index contributed by atoms with van der Waals surface area (Å²) in [6.45, 7) is 2.90. The molecule has 2 amide bonds. The number of para-hydroxylation sites is 2. The number of imidazole rings is 1. The normalized spacial score (nSPS) is 15.5. The third kappa shape index (κ3) is 6.04. The molecule has 0 aliphatic carbocycles. The molecule has 1 aliphatic rings. The summed E-state index contributed by atoms with van der Waals surface area (Å²) in [6, 6.07) is 26.1. The number of ether oxygens (including phenoxy) is 1. The molecule has 3 N–H and O–H groups in total. The van der Waals surface area contributed by atoms with Crippen molar-refractivity contribution in [1.29, 1.82) is 0 Å². The number of H-pyrrole nitrogens is 1. The van der Waals surface area contributed by atoms with Gasteiger partial charge in [-0.1, -0.05) is 54.6 Å². The van der Waals surface area contributed by atoms with Crippen LogP contribution in [0.15, 0.2) is 78.9 Å². The number of nitrogens with zero attached hydrogens (tertiary/aromatic N) is 2. The van der Waals surface area contributed by atoms with Gasteiger partial charge in [0.2, 0.25) is 0 Å². The minimum absolute atomic E-state index is 0.157. The van der Waals surface area contributed by atoms with Crippen LogP contribution < -0.4 is 15.4 Å². The monoisotopic (exact) mass is 483 g/mol. The van der Waals surface area contributed by atoms with Crippen molar-refractivity contribution in [2.45, 2.75) is 37.9 Å². The van der Waals surface area contributed by atoms with E-state index in [1.54, 1.807) is 7.11 Å². The summed E-state index contributed by atoms with van der Waals surface area (Å²) < 4.78 is 5.29. The summed E-state index contributed by atoms with van der Waals surface area (Å²) >= 11 is 0. The van der Waals surface area contributed by atoms with Crippen LogP contribution in [0.2, 0.25) is 0 Å². The van der Waals surface area contributed by atoms with E-state index in [9.17, 15) is 4.79 Å². The Kier molecular flexibility index (Phi) is 7.47. The van der Waals surface area contributed by atoms with Crippen molar-refractivity contribution in [3.05, 3.63) is 95.8 Å². The van der Waals surface area contributed by atoms with Gasteiger partial charge in [-0.15, -0.1) is 0 Å². The Morgan fingerprint density at radius 1 is 1.00 bits per heavy atom. The minimum Gasteiger partial charge on any atom is -0.497 e. The average Bonchev–Trinajstić information content (AvgIpc) is 3.35. The van der Waals surface area contributed by atoms with Crippen LogP contribution in [0.5, 0.6) is 5.75 Å². The summed E-state index contributed by atoms with van der Waals surface area (Å²) in [5, 5.41) is 6.38. The van der Waals surface area contributed by atoms with Crippen LogP contribution >= 0.6 is 0 Å². The lowest BCUT2D eigenvalue weighted by atomic mass is 10.0.